The number of hydrogen-bond donors (Lipinski definition) is 2. The van der Waals surface area contributed by atoms with E-state index < -0.39 is 0 Å². The van der Waals surface area contributed by atoms with Gasteiger partial charge in [0.05, 0.1) is 7.11 Å². The van der Waals surface area contributed by atoms with Crippen LogP contribution in [0.4, 0.5) is 5.69 Å². The zero-order valence-corrected chi connectivity index (χ0v) is 9.90. The van der Waals surface area contributed by atoms with Crippen molar-refractivity contribution in [3.8, 4) is 22.6 Å². The van der Waals surface area contributed by atoms with Crippen LogP contribution in [0.5, 0.6) is 11.5 Å². The van der Waals surface area contributed by atoms with Crippen LogP contribution in [-0.2, 0) is 0 Å². The van der Waals surface area contributed by atoms with Crippen molar-refractivity contribution in [2.75, 3.05) is 12.8 Å². The van der Waals surface area contributed by atoms with Crippen molar-refractivity contribution in [1.82, 2.24) is 0 Å². The largest absolute Gasteiger partial charge is 0.507 e. The quantitative estimate of drug-likeness (QED) is 0.778. The molecule has 0 fully saturated rings. The van der Waals surface area contributed by atoms with Crippen LogP contribution in [-0.4, -0.2) is 12.2 Å². The topological polar surface area (TPSA) is 55.5 Å². The number of benzene rings is 2. The first-order valence-electron chi connectivity index (χ1n) is 5.36. The SMILES string of the molecule is COc1ccc(-c2c(N)cccc2O)cc1C. The van der Waals surface area contributed by atoms with Crippen molar-refractivity contribution < 1.29 is 9.84 Å². The minimum absolute atomic E-state index is 0.189. The van der Waals surface area contributed by atoms with Gasteiger partial charge in [-0.2, -0.15) is 0 Å². The number of nitrogens with two attached hydrogens (primary N) is 1. The molecule has 0 aliphatic rings. The highest BCUT2D eigenvalue weighted by molar-refractivity contribution is 5.82. The molecule has 2 aromatic carbocycles. The predicted octanol–water partition coefficient (Wildman–Crippen LogP) is 2.96. The lowest BCUT2D eigenvalue weighted by molar-refractivity contribution is 0.412. The Morgan fingerprint density at radius 2 is 1.94 bits per heavy atom. The highest BCUT2D eigenvalue weighted by Gasteiger charge is 2.09. The Morgan fingerprint density at radius 3 is 2.53 bits per heavy atom. The molecule has 3 heteroatoms. The Bertz CT molecular complexity index is 530. The molecule has 17 heavy (non-hydrogen) atoms. The molecule has 0 amide bonds. The molecule has 2 aromatic rings. The lowest BCUT2D eigenvalue weighted by Gasteiger charge is -2.11. The van der Waals surface area contributed by atoms with E-state index in [2.05, 4.69) is 0 Å². The van der Waals surface area contributed by atoms with Crippen molar-refractivity contribution in [1.29, 1.82) is 0 Å². The molecule has 0 spiro atoms. The van der Waals surface area contributed by atoms with Gasteiger partial charge in [-0.15, -0.1) is 0 Å². The van der Waals surface area contributed by atoms with Gasteiger partial charge in [0.25, 0.3) is 0 Å². The molecule has 2 rings (SSSR count). The maximum atomic E-state index is 9.85. The standard InChI is InChI=1S/C14H15NO2/c1-9-8-10(6-7-13(9)17-2)14-11(15)4-3-5-12(14)16/h3-8,16H,15H2,1-2H3. The highest BCUT2D eigenvalue weighted by Crippen LogP contribution is 2.36. The average Bonchev–Trinajstić information content (AvgIpc) is 2.29. The summed E-state index contributed by atoms with van der Waals surface area (Å²) in [6.07, 6.45) is 0. The van der Waals surface area contributed by atoms with E-state index >= 15 is 0 Å². The Labute approximate surface area is 100 Å². The second kappa shape index (κ2) is 4.37. The van der Waals surface area contributed by atoms with Crippen LogP contribution in [0.2, 0.25) is 0 Å². The molecular weight excluding hydrogens is 214 g/mol. The molecule has 0 saturated carbocycles. The van der Waals surface area contributed by atoms with Gasteiger partial charge in [0.15, 0.2) is 0 Å². The summed E-state index contributed by atoms with van der Waals surface area (Å²) < 4.78 is 5.20. The molecule has 0 aromatic heterocycles. The molecule has 0 unspecified atom stereocenters. The number of aromatic hydroxyl groups is 1. The van der Waals surface area contributed by atoms with Gasteiger partial charge >= 0.3 is 0 Å². The minimum Gasteiger partial charge on any atom is -0.507 e. The van der Waals surface area contributed by atoms with Gasteiger partial charge < -0.3 is 15.6 Å². The van der Waals surface area contributed by atoms with E-state index in [4.69, 9.17) is 10.5 Å². The number of nitrogen functional groups attached to an aromatic ring is 1. The summed E-state index contributed by atoms with van der Waals surface area (Å²) in [5.41, 5.74) is 9.01. The van der Waals surface area contributed by atoms with Gasteiger partial charge in [-0.25, -0.2) is 0 Å². The summed E-state index contributed by atoms with van der Waals surface area (Å²) in [6.45, 7) is 1.96. The van der Waals surface area contributed by atoms with Crippen molar-refractivity contribution >= 4 is 5.69 Å². The fourth-order valence-electron chi connectivity index (χ4n) is 1.91. The molecule has 88 valence electrons. The summed E-state index contributed by atoms with van der Waals surface area (Å²) in [5.74, 6) is 1.01. The van der Waals surface area contributed by atoms with Crippen molar-refractivity contribution in [3.63, 3.8) is 0 Å². The number of hydrogen-bond acceptors (Lipinski definition) is 3. The van der Waals surface area contributed by atoms with E-state index in [-0.39, 0.29) is 5.75 Å². The summed E-state index contributed by atoms with van der Waals surface area (Å²) in [6, 6.07) is 10.8. The van der Waals surface area contributed by atoms with Crippen molar-refractivity contribution in [2.24, 2.45) is 0 Å². The predicted molar refractivity (Wildman–Crippen MR) is 69.2 cm³/mol. The molecule has 0 heterocycles. The van der Waals surface area contributed by atoms with Crippen LogP contribution < -0.4 is 10.5 Å². The van der Waals surface area contributed by atoms with Gasteiger partial charge in [-0.05, 0) is 42.3 Å². The summed E-state index contributed by atoms with van der Waals surface area (Å²) >= 11 is 0. The van der Waals surface area contributed by atoms with E-state index in [0.717, 1.165) is 16.9 Å². The second-order valence-corrected chi connectivity index (χ2v) is 3.93. The highest BCUT2D eigenvalue weighted by atomic mass is 16.5. The Balaban J connectivity index is 2.57. The van der Waals surface area contributed by atoms with E-state index in [1.54, 1.807) is 25.3 Å². The fourth-order valence-corrected chi connectivity index (χ4v) is 1.91. The summed E-state index contributed by atoms with van der Waals surface area (Å²) in [5, 5.41) is 9.85. The first kappa shape index (κ1) is 11.3. The number of aryl methyl sites for hydroxylation is 1. The smallest absolute Gasteiger partial charge is 0.125 e. The normalized spacial score (nSPS) is 10.2. The molecule has 0 radical (unpaired) electrons. The number of methoxy groups -OCH3 is 1. The van der Waals surface area contributed by atoms with Crippen molar-refractivity contribution in [2.45, 2.75) is 6.92 Å². The molecule has 0 atom stereocenters. The average molecular weight is 229 g/mol. The zero-order chi connectivity index (χ0) is 12.4. The van der Waals surface area contributed by atoms with Gasteiger partial charge in [-0.3, -0.25) is 0 Å². The molecule has 0 aliphatic heterocycles. The van der Waals surface area contributed by atoms with Crippen LogP contribution in [0.25, 0.3) is 11.1 Å². The fraction of sp³-hybridized carbons (Fsp3) is 0.143. The van der Waals surface area contributed by atoms with E-state index in [9.17, 15) is 5.11 Å². The number of anilines is 1. The Morgan fingerprint density at radius 1 is 1.18 bits per heavy atom. The number of phenolic OH excluding ortho intramolecular Hbond substituents is 1. The van der Waals surface area contributed by atoms with Gasteiger partial charge in [-0.1, -0.05) is 12.1 Å². The second-order valence-electron chi connectivity index (χ2n) is 3.93. The van der Waals surface area contributed by atoms with Crippen LogP contribution in [0.15, 0.2) is 36.4 Å². The molecule has 3 nitrogen and oxygen atoms in total. The summed E-state index contributed by atoms with van der Waals surface area (Å²) in [4.78, 5) is 0. The number of phenols is 1. The van der Waals surface area contributed by atoms with Gasteiger partial charge in [0.2, 0.25) is 0 Å². The minimum atomic E-state index is 0.189. The maximum Gasteiger partial charge on any atom is 0.125 e. The Hall–Kier alpha value is -2.16. The summed E-state index contributed by atoms with van der Waals surface area (Å²) in [7, 11) is 1.64. The first-order valence-corrected chi connectivity index (χ1v) is 5.36. The van der Waals surface area contributed by atoms with Gasteiger partial charge in [0, 0.05) is 11.3 Å². The lowest BCUT2D eigenvalue weighted by atomic mass is 10.0. The Kier molecular flexibility index (Phi) is 2.91. The lowest BCUT2D eigenvalue weighted by Crippen LogP contribution is -1.92. The zero-order valence-electron chi connectivity index (χ0n) is 9.90. The van der Waals surface area contributed by atoms with Crippen LogP contribution in [0.3, 0.4) is 0 Å². The molecule has 0 aliphatic carbocycles. The third-order valence-corrected chi connectivity index (χ3v) is 2.76. The number of ether oxygens (including phenoxy) is 1. The third-order valence-electron chi connectivity index (χ3n) is 2.76. The van der Waals surface area contributed by atoms with E-state index in [0.29, 0.717) is 11.3 Å². The van der Waals surface area contributed by atoms with E-state index in [1.807, 2.05) is 25.1 Å². The third kappa shape index (κ3) is 2.04. The first-order chi connectivity index (χ1) is 8.13. The van der Waals surface area contributed by atoms with Crippen LogP contribution in [0.1, 0.15) is 5.56 Å². The van der Waals surface area contributed by atoms with Gasteiger partial charge in [0.1, 0.15) is 11.5 Å². The molecule has 3 N–H and O–H groups in total. The number of rotatable bonds is 2. The van der Waals surface area contributed by atoms with Crippen LogP contribution in [0, 0.1) is 6.92 Å². The molecule has 0 saturated heterocycles. The molecule has 0 bridgehead atoms. The van der Waals surface area contributed by atoms with Crippen LogP contribution >= 0.6 is 0 Å². The molecular formula is C14H15NO2. The maximum absolute atomic E-state index is 9.85. The van der Waals surface area contributed by atoms with E-state index in [1.165, 1.54) is 0 Å². The monoisotopic (exact) mass is 229 g/mol. The van der Waals surface area contributed by atoms with Crippen molar-refractivity contribution in [3.05, 3.63) is 42.0 Å².